The number of aromatic nitrogens is 1. The number of hydrogen-bond acceptors (Lipinski definition) is 3. The second-order valence-corrected chi connectivity index (χ2v) is 5.15. The number of ether oxygens (including phenoxy) is 2. The number of rotatable bonds is 3. The SMILES string of the molecule is C=CCn1c(=O)c2c(c3ccccc31)OC(C)(OC)C2. The molecule has 3 rings (SSSR count). The van der Waals surface area contributed by atoms with Crippen molar-refractivity contribution in [2.45, 2.75) is 25.7 Å². The summed E-state index contributed by atoms with van der Waals surface area (Å²) in [5.41, 5.74) is 1.51. The Morgan fingerprint density at radius 1 is 1.50 bits per heavy atom. The Morgan fingerprint density at radius 2 is 2.25 bits per heavy atom. The number of hydrogen-bond donors (Lipinski definition) is 0. The summed E-state index contributed by atoms with van der Waals surface area (Å²) in [5, 5.41) is 0.935. The molecule has 0 N–H and O–H groups in total. The second kappa shape index (κ2) is 4.49. The van der Waals surface area contributed by atoms with E-state index in [-0.39, 0.29) is 5.56 Å². The molecule has 104 valence electrons. The molecule has 1 atom stereocenters. The van der Waals surface area contributed by atoms with Gasteiger partial charge in [0, 0.05) is 32.4 Å². The molecule has 0 bridgehead atoms. The van der Waals surface area contributed by atoms with Gasteiger partial charge in [-0.2, -0.15) is 0 Å². The lowest BCUT2D eigenvalue weighted by Crippen LogP contribution is -2.33. The average Bonchev–Trinajstić information content (AvgIpc) is 2.83. The Balaban J connectivity index is 2.35. The largest absolute Gasteiger partial charge is 0.461 e. The van der Waals surface area contributed by atoms with Crippen molar-refractivity contribution in [2.24, 2.45) is 0 Å². The van der Waals surface area contributed by atoms with Gasteiger partial charge in [-0.1, -0.05) is 18.2 Å². The smallest absolute Gasteiger partial charge is 0.258 e. The molecule has 0 amide bonds. The van der Waals surface area contributed by atoms with Gasteiger partial charge >= 0.3 is 0 Å². The predicted octanol–water partition coefficient (Wildman–Crippen LogP) is 2.49. The van der Waals surface area contributed by atoms with Crippen LogP contribution in [0, 0.1) is 0 Å². The Hall–Kier alpha value is -2.07. The standard InChI is InChI=1S/C16H17NO3/c1-4-9-17-13-8-6-5-7-11(13)14-12(15(17)18)10-16(2,19-3)20-14/h4-8H,1,9-10H2,2-3H3. The van der Waals surface area contributed by atoms with Crippen LogP contribution in [0.2, 0.25) is 0 Å². The van der Waals surface area contributed by atoms with Crippen molar-refractivity contribution < 1.29 is 9.47 Å². The van der Waals surface area contributed by atoms with E-state index in [1.54, 1.807) is 17.8 Å². The van der Waals surface area contributed by atoms with E-state index >= 15 is 0 Å². The third kappa shape index (κ3) is 1.76. The number of fused-ring (bicyclic) bond motifs is 3. The second-order valence-electron chi connectivity index (χ2n) is 5.15. The molecule has 2 aromatic rings. The summed E-state index contributed by atoms with van der Waals surface area (Å²) in [7, 11) is 1.59. The Labute approximate surface area is 117 Å². The van der Waals surface area contributed by atoms with Gasteiger partial charge in [0.05, 0.1) is 11.1 Å². The third-order valence-electron chi connectivity index (χ3n) is 3.78. The van der Waals surface area contributed by atoms with E-state index in [1.165, 1.54) is 0 Å². The first-order chi connectivity index (χ1) is 9.59. The fourth-order valence-electron chi connectivity index (χ4n) is 2.70. The molecule has 0 aliphatic carbocycles. The normalized spacial score (nSPS) is 20.7. The summed E-state index contributed by atoms with van der Waals surface area (Å²) in [5.74, 6) is -0.118. The predicted molar refractivity (Wildman–Crippen MR) is 78.2 cm³/mol. The van der Waals surface area contributed by atoms with Crippen molar-refractivity contribution in [1.82, 2.24) is 4.57 Å². The summed E-state index contributed by atoms with van der Waals surface area (Å²) in [6.07, 6.45) is 2.19. The van der Waals surface area contributed by atoms with Crippen molar-refractivity contribution >= 4 is 10.9 Å². The van der Waals surface area contributed by atoms with Crippen molar-refractivity contribution in [2.75, 3.05) is 7.11 Å². The molecule has 2 heterocycles. The quantitative estimate of drug-likeness (QED) is 0.805. The van der Waals surface area contributed by atoms with Crippen LogP contribution in [0.4, 0.5) is 0 Å². The van der Waals surface area contributed by atoms with Crippen molar-refractivity contribution in [3.05, 3.63) is 52.8 Å². The summed E-state index contributed by atoms with van der Waals surface area (Å²) in [6, 6.07) is 7.75. The molecule has 1 unspecified atom stereocenters. The van der Waals surface area contributed by atoms with E-state index < -0.39 is 5.79 Å². The summed E-state index contributed by atoms with van der Waals surface area (Å²) in [4.78, 5) is 12.6. The highest BCUT2D eigenvalue weighted by Gasteiger charge is 2.38. The van der Waals surface area contributed by atoms with Crippen LogP contribution in [-0.2, 0) is 17.7 Å². The first kappa shape index (κ1) is 12.9. The lowest BCUT2D eigenvalue weighted by atomic mass is 10.1. The highest BCUT2D eigenvalue weighted by atomic mass is 16.7. The molecule has 1 aromatic carbocycles. The van der Waals surface area contributed by atoms with Gasteiger partial charge in [-0.25, -0.2) is 0 Å². The van der Waals surface area contributed by atoms with Crippen molar-refractivity contribution in [3.63, 3.8) is 0 Å². The lowest BCUT2D eigenvalue weighted by Gasteiger charge is -2.21. The van der Waals surface area contributed by atoms with Gasteiger partial charge in [-0.15, -0.1) is 6.58 Å². The zero-order chi connectivity index (χ0) is 14.3. The molecular weight excluding hydrogens is 254 g/mol. The van der Waals surface area contributed by atoms with Crippen LogP contribution in [0.25, 0.3) is 10.9 Å². The molecule has 1 aromatic heterocycles. The van der Waals surface area contributed by atoms with Gasteiger partial charge in [0.1, 0.15) is 5.75 Å². The van der Waals surface area contributed by atoms with Crippen LogP contribution in [0.15, 0.2) is 41.7 Å². The molecule has 4 nitrogen and oxygen atoms in total. The number of benzene rings is 1. The Morgan fingerprint density at radius 3 is 2.95 bits per heavy atom. The molecular formula is C16H17NO3. The van der Waals surface area contributed by atoms with Crippen LogP contribution in [0.3, 0.4) is 0 Å². The molecule has 0 spiro atoms. The minimum atomic E-state index is -0.766. The van der Waals surface area contributed by atoms with Crippen LogP contribution in [-0.4, -0.2) is 17.5 Å². The highest BCUT2D eigenvalue weighted by Crippen LogP contribution is 2.38. The van der Waals surface area contributed by atoms with E-state index in [9.17, 15) is 4.79 Å². The first-order valence-corrected chi connectivity index (χ1v) is 6.59. The van der Waals surface area contributed by atoms with Gasteiger partial charge in [0.2, 0.25) is 5.79 Å². The lowest BCUT2D eigenvalue weighted by molar-refractivity contribution is -0.133. The van der Waals surface area contributed by atoms with Gasteiger partial charge in [0.15, 0.2) is 0 Å². The maximum Gasteiger partial charge on any atom is 0.258 e. The number of methoxy groups -OCH3 is 1. The van der Waals surface area contributed by atoms with Crippen LogP contribution < -0.4 is 10.3 Å². The Bertz CT molecular complexity index is 747. The first-order valence-electron chi connectivity index (χ1n) is 6.59. The minimum Gasteiger partial charge on any atom is -0.461 e. The molecule has 0 fully saturated rings. The van der Waals surface area contributed by atoms with Gasteiger partial charge in [-0.05, 0) is 12.1 Å². The average molecular weight is 271 g/mol. The molecule has 20 heavy (non-hydrogen) atoms. The topological polar surface area (TPSA) is 40.5 Å². The number of allylic oxidation sites excluding steroid dienone is 1. The summed E-state index contributed by atoms with van der Waals surface area (Å²) >= 11 is 0. The molecule has 1 aliphatic heterocycles. The Kier molecular flexibility index (Phi) is 2.91. The fourth-order valence-corrected chi connectivity index (χ4v) is 2.70. The molecule has 0 saturated carbocycles. The maximum atomic E-state index is 12.6. The monoisotopic (exact) mass is 271 g/mol. The van der Waals surface area contributed by atoms with E-state index in [0.29, 0.717) is 24.3 Å². The molecule has 1 aliphatic rings. The van der Waals surface area contributed by atoms with Crippen molar-refractivity contribution in [1.29, 1.82) is 0 Å². The van der Waals surface area contributed by atoms with E-state index in [2.05, 4.69) is 6.58 Å². The molecule has 0 radical (unpaired) electrons. The summed E-state index contributed by atoms with van der Waals surface area (Å²) in [6.45, 7) is 6.06. The van der Waals surface area contributed by atoms with Gasteiger partial charge in [-0.3, -0.25) is 4.79 Å². The number of pyridine rings is 1. The zero-order valence-corrected chi connectivity index (χ0v) is 11.7. The minimum absolute atomic E-state index is 0.0284. The molecule has 0 saturated heterocycles. The van der Waals surface area contributed by atoms with Crippen molar-refractivity contribution in [3.8, 4) is 5.75 Å². The fraction of sp³-hybridized carbons (Fsp3) is 0.312. The van der Waals surface area contributed by atoms with Crippen LogP contribution >= 0.6 is 0 Å². The van der Waals surface area contributed by atoms with Crippen LogP contribution in [0.1, 0.15) is 12.5 Å². The molecule has 4 heteroatoms. The van der Waals surface area contributed by atoms with E-state index in [4.69, 9.17) is 9.47 Å². The van der Waals surface area contributed by atoms with Gasteiger partial charge < -0.3 is 14.0 Å². The number of nitrogens with zero attached hydrogens (tertiary/aromatic N) is 1. The van der Waals surface area contributed by atoms with E-state index in [0.717, 1.165) is 10.9 Å². The highest BCUT2D eigenvalue weighted by molar-refractivity contribution is 5.87. The number of para-hydroxylation sites is 1. The van der Waals surface area contributed by atoms with E-state index in [1.807, 2.05) is 31.2 Å². The summed E-state index contributed by atoms with van der Waals surface area (Å²) < 4.78 is 13.0. The zero-order valence-electron chi connectivity index (χ0n) is 11.7. The van der Waals surface area contributed by atoms with Gasteiger partial charge in [0.25, 0.3) is 5.56 Å². The van der Waals surface area contributed by atoms with Crippen LogP contribution in [0.5, 0.6) is 5.75 Å². The maximum absolute atomic E-state index is 12.6. The third-order valence-corrected chi connectivity index (χ3v) is 3.78.